The van der Waals surface area contributed by atoms with E-state index in [0.717, 1.165) is 10.0 Å². The molecular weight excluding hydrogens is 396 g/mol. The Hall–Kier alpha value is -0.960. The van der Waals surface area contributed by atoms with Gasteiger partial charge in [-0.1, -0.05) is 34.1 Å². The Balaban J connectivity index is 2.08. The minimum absolute atomic E-state index is 0.182. The second-order valence-corrected chi connectivity index (χ2v) is 8.69. The van der Waals surface area contributed by atoms with Crippen LogP contribution in [0.4, 0.5) is 0 Å². The molecule has 0 aliphatic carbocycles. The van der Waals surface area contributed by atoms with Crippen molar-refractivity contribution >= 4 is 32.1 Å². The number of hydrogen-bond acceptors (Lipinski definition) is 4. The summed E-state index contributed by atoms with van der Waals surface area (Å²) in [4.78, 5) is 11.9. The molecule has 6 nitrogen and oxygen atoms in total. The van der Waals surface area contributed by atoms with E-state index in [2.05, 4.69) is 15.9 Å². The molecule has 1 aliphatic rings. The highest BCUT2D eigenvalue weighted by atomic mass is 79.9. The van der Waals surface area contributed by atoms with E-state index in [1.54, 1.807) is 14.0 Å². The summed E-state index contributed by atoms with van der Waals surface area (Å²) >= 11 is 3.44. The first kappa shape index (κ1) is 19.4. The third-order valence-corrected chi connectivity index (χ3v) is 6.75. The number of esters is 1. The van der Waals surface area contributed by atoms with Crippen molar-refractivity contribution in [1.29, 1.82) is 0 Å². The molecule has 0 N–H and O–H groups in total. The molecule has 8 heteroatoms. The maximum Gasteiger partial charge on any atom is 0.310 e. The minimum atomic E-state index is -3.62. The molecule has 0 spiro atoms. The largest absolute Gasteiger partial charge is 0.466 e. The summed E-state index contributed by atoms with van der Waals surface area (Å²) in [5, 5.41) is 0. The van der Waals surface area contributed by atoms with E-state index in [1.807, 2.05) is 24.3 Å². The van der Waals surface area contributed by atoms with Gasteiger partial charge in [-0.3, -0.25) is 4.79 Å². The van der Waals surface area contributed by atoms with E-state index < -0.39 is 10.2 Å². The molecule has 0 unspecified atom stereocenters. The third kappa shape index (κ3) is 4.56. The number of benzene rings is 1. The van der Waals surface area contributed by atoms with E-state index in [1.165, 1.54) is 8.61 Å². The summed E-state index contributed by atoms with van der Waals surface area (Å²) in [6.45, 7) is 2.94. The highest BCUT2D eigenvalue weighted by Crippen LogP contribution is 2.24. The molecule has 0 bridgehead atoms. The first-order valence-electron chi connectivity index (χ1n) is 7.97. The van der Waals surface area contributed by atoms with Gasteiger partial charge in [0.25, 0.3) is 10.2 Å². The molecular formula is C16H23BrN2O4S. The van der Waals surface area contributed by atoms with Crippen molar-refractivity contribution in [3.05, 3.63) is 34.3 Å². The molecule has 1 aromatic rings. The van der Waals surface area contributed by atoms with Crippen molar-refractivity contribution in [3.8, 4) is 0 Å². The van der Waals surface area contributed by atoms with Crippen molar-refractivity contribution in [2.75, 3.05) is 26.7 Å². The Morgan fingerprint density at radius 1 is 1.42 bits per heavy atom. The van der Waals surface area contributed by atoms with Gasteiger partial charge in [-0.2, -0.15) is 17.0 Å². The monoisotopic (exact) mass is 418 g/mol. The second-order valence-electron chi connectivity index (χ2n) is 5.80. The third-order valence-electron chi connectivity index (χ3n) is 4.08. The van der Waals surface area contributed by atoms with Crippen molar-refractivity contribution in [2.24, 2.45) is 5.92 Å². The number of piperidine rings is 1. The Labute approximate surface area is 152 Å². The molecule has 0 saturated carbocycles. The maximum atomic E-state index is 12.8. The van der Waals surface area contributed by atoms with Crippen LogP contribution in [0, 0.1) is 5.92 Å². The van der Waals surface area contributed by atoms with Crippen LogP contribution < -0.4 is 0 Å². The summed E-state index contributed by atoms with van der Waals surface area (Å²) in [6, 6.07) is 7.52. The van der Waals surface area contributed by atoms with Gasteiger partial charge in [-0.05, 0) is 31.4 Å². The van der Waals surface area contributed by atoms with Gasteiger partial charge in [-0.25, -0.2) is 0 Å². The van der Waals surface area contributed by atoms with Gasteiger partial charge in [0.05, 0.1) is 12.5 Å². The van der Waals surface area contributed by atoms with Crippen LogP contribution in [-0.2, 0) is 26.3 Å². The van der Waals surface area contributed by atoms with Crippen LogP contribution in [0.3, 0.4) is 0 Å². The number of halogens is 1. The Kier molecular flexibility index (Phi) is 6.79. The lowest BCUT2D eigenvalue weighted by molar-refractivity contribution is -0.149. The molecule has 1 aliphatic heterocycles. The van der Waals surface area contributed by atoms with Crippen molar-refractivity contribution < 1.29 is 17.9 Å². The normalized spacial score (nSPS) is 19.4. The molecule has 1 aromatic carbocycles. The van der Waals surface area contributed by atoms with Gasteiger partial charge in [0.2, 0.25) is 0 Å². The molecule has 24 heavy (non-hydrogen) atoms. The lowest BCUT2D eigenvalue weighted by Crippen LogP contribution is -2.48. The highest BCUT2D eigenvalue weighted by Gasteiger charge is 2.35. The minimum Gasteiger partial charge on any atom is -0.466 e. The molecule has 0 radical (unpaired) electrons. The van der Waals surface area contributed by atoms with E-state index in [4.69, 9.17) is 4.74 Å². The van der Waals surface area contributed by atoms with Crippen LogP contribution in [0.25, 0.3) is 0 Å². The standard InChI is InChI=1S/C16H23BrN2O4S/c1-3-23-16(20)14-8-6-10-19(12-14)24(21,22)18(2)11-13-7-4-5-9-15(13)17/h4-5,7,9,14H,3,6,8,10-12H2,1-2H3/t14-/m1/s1. The Morgan fingerprint density at radius 2 is 2.12 bits per heavy atom. The molecule has 0 amide bonds. The summed E-state index contributed by atoms with van der Waals surface area (Å²) in [6.07, 6.45) is 1.32. The summed E-state index contributed by atoms with van der Waals surface area (Å²) < 4.78 is 34.2. The maximum absolute atomic E-state index is 12.8. The van der Waals surface area contributed by atoms with E-state index >= 15 is 0 Å². The van der Waals surface area contributed by atoms with E-state index in [0.29, 0.717) is 26.0 Å². The van der Waals surface area contributed by atoms with Crippen LogP contribution in [-0.4, -0.2) is 49.7 Å². The Morgan fingerprint density at radius 3 is 2.79 bits per heavy atom. The highest BCUT2D eigenvalue weighted by molar-refractivity contribution is 9.10. The van der Waals surface area contributed by atoms with Crippen LogP contribution in [0.1, 0.15) is 25.3 Å². The SMILES string of the molecule is CCOC(=O)[C@@H]1CCCN(S(=O)(=O)N(C)Cc2ccccc2Br)C1. The lowest BCUT2D eigenvalue weighted by Gasteiger charge is -2.33. The number of nitrogens with zero attached hydrogens (tertiary/aromatic N) is 2. The zero-order valence-corrected chi connectivity index (χ0v) is 16.3. The van der Waals surface area contributed by atoms with Gasteiger partial charge in [0, 0.05) is 31.2 Å². The summed E-state index contributed by atoms with van der Waals surface area (Å²) in [5.74, 6) is -0.698. The predicted octanol–water partition coefficient (Wildman–Crippen LogP) is 2.40. The second kappa shape index (κ2) is 8.42. The number of hydrogen-bond donors (Lipinski definition) is 0. The Bertz CT molecular complexity index is 680. The number of ether oxygens (including phenoxy) is 1. The molecule has 1 fully saturated rings. The number of rotatable bonds is 6. The van der Waals surface area contributed by atoms with Crippen molar-refractivity contribution in [3.63, 3.8) is 0 Å². The van der Waals surface area contributed by atoms with Gasteiger partial charge in [0.15, 0.2) is 0 Å². The van der Waals surface area contributed by atoms with Gasteiger partial charge < -0.3 is 4.74 Å². The van der Waals surface area contributed by atoms with E-state index in [-0.39, 0.29) is 25.0 Å². The lowest BCUT2D eigenvalue weighted by atomic mass is 10.0. The van der Waals surface area contributed by atoms with Crippen molar-refractivity contribution in [1.82, 2.24) is 8.61 Å². The van der Waals surface area contributed by atoms with Gasteiger partial charge in [0.1, 0.15) is 0 Å². The molecule has 1 saturated heterocycles. The van der Waals surface area contributed by atoms with Crippen LogP contribution >= 0.6 is 15.9 Å². The summed E-state index contributed by atoms with van der Waals surface area (Å²) in [7, 11) is -2.06. The predicted molar refractivity (Wildman–Crippen MR) is 95.5 cm³/mol. The molecule has 0 aromatic heterocycles. The van der Waals surface area contributed by atoms with Gasteiger partial charge >= 0.3 is 5.97 Å². The van der Waals surface area contributed by atoms with Gasteiger partial charge in [-0.15, -0.1) is 0 Å². The first-order valence-corrected chi connectivity index (χ1v) is 10.2. The number of carbonyl (C=O) groups is 1. The quantitative estimate of drug-likeness (QED) is 0.665. The fraction of sp³-hybridized carbons (Fsp3) is 0.562. The number of carbonyl (C=O) groups excluding carboxylic acids is 1. The zero-order chi connectivity index (χ0) is 17.7. The smallest absolute Gasteiger partial charge is 0.310 e. The van der Waals surface area contributed by atoms with E-state index in [9.17, 15) is 13.2 Å². The fourth-order valence-electron chi connectivity index (χ4n) is 2.75. The molecule has 2 rings (SSSR count). The average Bonchev–Trinajstić information content (AvgIpc) is 2.57. The first-order chi connectivity index (χ1) is 11.4. The van der Waals surface area contributed by atoms with Crippen LogP contribution in [0.15, 0.2) is 28.7 Å². The topological polar surface area (TPSA) is 66.9 Å². The van der Waals surface area contributed by atoms with Crippen molar-refractivity contribution in [2.45, 2.75) is 26.3 Å². The fourth-order valence-corrected chi connectivity index (χ4v) is 4.58. The molecule has 1 heterocycles. The summed E-state index contributed by atoms with van der Waals surface area (Å²) in [5.41, 5.74) is 0.891. The molecule has 134 valence electrons. The van der Waals surface area contributed by atoms with Crippen LogP contribution in [0.5, 0.6) is 0 Å². The van der Waals surface area contributed by atoms with Crippen LogP contribution in [0.2, 0.25) is 0 Å². The molecule has 1 atom stereocenters. The average molecular weight is 419 g/mol. The zero-order valence-electron chi connectivity index (χ0n) is 13.9.